The van der Waals surface area contributed by atoms with Crippen LogP contribution in [0.5, 0.6) is 11.5 Å². The zero-order valence-electron chi connectivity index (χ0n) is 17.3. The summed E-state index contributed by atoms with van der Waals surface area (Å²) in [5, 5.41) is 22.0. The minimum atomic E-state index is -0.779. The van der Waals surface area contributed by atoms with Crippen LogP contribution in [0.3, 0.4) is 0 Å². The highest BCUT2D eigenvalue weighted by Gasteiger charge is 2.36. The van der Waals surface area contributed by atoms with Gasteiger partial charge in [-0.3, -0.25) is 4.90 Å². The molecule has 0 aromatic heterocycles. The molecule has 30 heavy (non-hydrogen) atoms. The fourth-order valence-electron chi connectivity index (χ4n) is 4.17. The Kier molecular flexibility index (Phi) is 6.18. The second kappa shape index (κ2) is 9.00. The Morgan fingerprint density at radius 2 is 1.33 bits per heavy atom. The molecule has 1 saturated heterocycles. The van der Waals surface area contributed by atoms with Gasteiger partial charge in [0.2, 0.25) is 0 Å². The van der Waals surface area contributed by atoms with Gasteiger partial charge in [0.25, 0.3) is 0 Å². The van der Waals surface area contributed by atoms with E-state index in [-0.39, 0.29) is 6.04 Å². The highest BCUT2D eigenvalue weighted by atomic mass is 16.5. The van der Waals surface area contributed by atoms with Crippen LogP contribution < -0.4 is 4.74 Å². The van der Waals surface area contributed by atoms with Gasteiger partial charge in [0, 0.05) is 19.1 Å². The molecule has 0 aliphatic carbocycles. The average Bonchev–Trinajstić information content (AvgIpc) is 2.80. The molecule has 3 aromatic carbocycles. The van der Waals surface area contributed by atoms with E-state index in [0.29, 0.717) is 12.8 Å². The van der Waals surface area contributed by atoms with Crippen molar-refractivity contribution in [2.45, 2.75) is 37.5 Å². The van der Waals surface area contributed by atoms with Gasteiger partial charge in [-0.15, -0.1) is 0 Å². The molecule has 0 bridgehead atoms. The normalized spacial score (nSPS) is 18.5. The SMILES string of the molecule is C[C@H]([C@H](O)c1ccc(Oc2ccccc2)cc1)N1CCC(O)(c2ccccc2)CC1. The predicted octanol–water partition coefficient (Wildman–Crippen LogP) is 4.88. The molecular formula is C26H29NO3. The van der Waals surface area contributed by atoms with E-state index in [2.05, 4.69) is 4.90 Å². The molecule has 0 radical (unpaired) electrons. The van der Waals surface area contributed by atoms with Crippen molar-refractivity contribution < 1.29 is 14.9 Å². The first-order chi connectivity index (χ1) is 14.5. The summed E-state index contributed by atoms with van der Waals surface area (Å²) in [7, 11) is 0. The number of hydrogen-bond acceptors (Lipinski definition) is 4. The van der Waals surface area contributed by atoms with Crippen molar-refractivity contribution in [3.63, 3.8) is 0 Å². The van der Waals surface area contributed by atoms with Crippen LogP contribution in [-0.4, -0.2) is 34.2 Å². The van der Waals surface area contributed by atoms with Crippen molar-refractivity contribution in [3.8, 4) is 11.5 Å². The number of para-hydroxylation sites is 1. The summed E-state index contributed by atoms with van der Waals surface area (Å²) >= 11 is 0. The summed E-state index contributed by atoms with van der Waals surface area (Å²) in [6.45, 7) is 3.55. The maximum Gasteiger partial charge on any atom is 0.127 e. The van der Waals surface area contributed by atoms with E-state index in [4.69, 9.17) is 4.74 Å². The molecule has 4 heteroatoms. The molecule has 156 valence electrons. The van der Waals surface area contributed by atoms with Crippen molar-refractivity contribution >= 4 is 0 Å². The highest BCUT2D eigenvalue weighted by molar-refractivity contribution is 5.34. The molecule has 4 nitrogen and oxygen atoms in total. The van der Waals surface area contributed by atoms with E-state index in [9.17, 15) is 10.2 Å². The lowest BCUT2D eigenvalue weighted by Gasteiger charge is -2.42. The van der Waals surface area contributed by atoms with Gasteiger partial charge in [-0.2, -0.15) is 0 Å². The van der Waals surface area contributed by atoms with Gasteiger partial charge in [-0.25, -0.2) is 0 Å². The molecule has 1 fully saturated rings. The van der Waals surface area contributed by atoms with E-state index < -0.39 is 11.7 Å². The van der Waals surface area contributed by atoms with E-state index >= 15 is 0 Å². The van der Waals surface area contributed by atoms with E-state index in [0.717, 1.165) is 35.7 Å². The quantitative estimate of drug-likeness (QED) is 0.616. The van der Waals surface area contributed by atoms with Crippen LogP contribution in [0.2, 0.25) is 0 Å². The smallest absolute Gasteiger partial charge is 0.127 e. The van der Waals surface area contributed by atoms with E-state index in [1.165, 1.54) is 0 Å². The Balaban J connectivity index is 1.36. The maximum atomic E-state index is 11.0. The van der Waals surface area contributed by atoms with E-state index in [1.807, 2.05) is 91.9 Å². The topological polar surface area (TPSA) is 52.9 Å². The minimum Gasteiger partial charge on any atom is -0.457 e. The molecule has 1 aliphatic heterocycles. The van der Waals surface area contributed by atoms with Crippen molar-refractivity contribution in [1.29, 1.82) is 0 Å². The fraction of sp³-hybridized carbons (Fsp3) is 0.308. The monoisotopic (exact) mass is 403 g/mol. The second-order valence-corrected chi connectivity index (χ2v) is 8.10. The van der Waals surface area contributed by atoms with Gasteiger partial charge in [0.05, 0.1) is 11.7 Å². The van der Waals surface area contributed by atoms with Crippen LogP contribution in [0.25, 0.3) is 0 Å². The zero-order valence-corrected chi connectivity index (χ0v) is 17.3. The number of piperidine rings is 1. The zero-order chi connectivity index (χ0) is 21.0. The molecule has 3 aromatic rings. The number of nitrogens with zero attached hydrogens (tertiary/aromatic N) is 1. The highest BCUT2D eigenvalue weighted by Crippen LogP contribution is 2.35. The van der Waals surface area contributed by atoms with Crippen LogP contribution in [0.15, 0.2) is 84.9 Å². The van der Waals surface area contributed by atoms with Gasteiger partial charge >= 0.3 is 0 Å². The van der Waals surface area contributed by atoms with Gasteiger partial charge in [-0.1, -0.05) is 60.7 Å². The Morgan fingerprint density at radius 1 is 0.800 bits per heavy atom. The van der Waals surface area contributed by atoms with Crippen LogP contribution >= 0.6 is 0 Å². The lowest BCUT2D eigenvalue weighted by Crippen LogP contribution is -2.47. The number of ether oxygens (including phenoxy) is 1. The molecule has 0 amide bonds. The van der Waals surface area contributed by atoms with Crippen molar-refractivity contribution in [3.05, 3.63) is 96.1 Å². The van der Waals surface area contributed by atoms with Crippen molar-refractivity contribution in [2.24, 2.45) is 0 Å². The van der Waals surface area contributed by atoms with Gasteiger partial charge in [0.1, 0.15) is 11.5 Å². The van der Waals surface area contributed by atoms with Crippen molar-refractivity contribution in [2.75, 3.05) is 13.1 Å². The van der Waals surface area contributed by atoms with Crippen LogP contribution in [0, 0.1) is 0 Å². The summed E-state index contributed by atoms with van der Waals surface area (Å²) < 4.78 is 5.83. The van der Waals surface area contributed by atoms with Crippen LogP contribution in [-0.2, 0) is 5.60 Å². The van der Waals surface area contributed by atoms with E-state index in [1.54, 1.807) is 0 Å². The number of benzene rings is 3. The van der Waals surface area contributed by atoms with Gasteiger partial charge in [0.15, 0.2) is 0 Å². The third kappa shape index (κ3) is 4.57. The Bertz CT molecular complexity index is 920. The summed E-state index contributed by atoms with van der Waals surface area (Å²) in [6.07, 6.45) is 0.731. The lowest BCUT2D eigenvalue weighted by molar-refractivity contribution is -0.0501. The molecule has 0 spiro atoms. The molecule has 0 unspecified atom stereocenters. The molecular weight excluding hydrogens is 374 g/mol. The molecule has 4 rings (SSSR count). The molecule has 2 N–H and O–H groups in total. The average molecular weight is 404 g/mol. The first-order valence-corrected chi connectivity index (χ1v) is 10.6. The van der Waals surface area contributed by atoms with Crippen LogP contribution in [0.1, 0.15) is 37.0 Å². The third-order valence-corrected chi connectivity index (χ3v) is 6.17. The number of likely N-dealkylation sites (tertiary alicyclic amines) is 1. The third-order valence-electron chi connectivity index (χ3n) is 6.17. The fourth-order valence-corrected chi connectivity index (χ4v) is 4.17. The predicted molar refractivity (Wildman–Crippen MR) is 119 cm³/mol. The summed E-state index contributed by atoms with van der Waals surface area (Å²) in [4.78, 5) is 2.26. The Hall–Kier alpha value is -2.66. The van der Waals surface area contributed by atoms with Gasteiger partial charge < -0.3 is 14.9 Å². The van der Waals surface area contributed by atoms with Crippen LogP contribution in [0.4, 0.5) is 0 Å². The minimum absolute atomic E-state index is 0.0359. The number of hydrogen-bond donors (Lipinski definition) is 2. The summed E-state index contributed by atoms with van der Waals surface area (Å²) in [6, 6.07) is 27.1. The molecule has 1 heterocycles. The summed E-state index contributed by atoms with van der Waals surface area (Å²) in [5.41, 5.74) is 1.07. The standard InChI is InChI=1S/C26H29NO3/c1-20(27-18-16-26(29,17-19-27)22-8-4-2-5-9-22)25(28)21-12-14-24(15-13-21)30-23-10-6-3-7-11-23/h2-15,20,25,28-29H,16-19H2,1H3/t20-,25+/m1/s1. The largest absolute Gasteiger partial charge is 0.457 e. The van der Waals surface area contributed by atoms with Gasteiger partial charge in [-0.05, 0) is 55.2 Å². The number of aliphatic hydroxyl groups is 2. The number of rotatable bonds is 6. The number of aliphatic hydroxyl groups excluding tert-OH is 1. The Morgan fingerprint density at radius 3 is 1.93 bits per heavy atom. The summed E-state index contributed by atoms with van der Waals surface area (Å²) in [5.74, 6) is 1.54. The maximum absolute atomic E-state index is 11.0. The Labute approximate surface area is 178 Å². The lowest BCUT2D eigenvalue weighted by atomic mass is 9.83. The molecule has 0 saturated carbocycles. The first-order valence-electron chi connectivity index (χ1n) is 10.6. The second-order valence-electron chi connectivity index (χ2n) is 8.10. The molecule has 1 aliphatic rings. The molecule has 2 atom stereocenters. The first kappa shape index (κ1) is 20.6. The van der Waals surface area contributed by atoms with Crippen molar-refractivity contribution in [1.82, 2.24) is 4.90 Å².